The quantitative estimate of drug-likeness (QED) is 0.756. The standard InChI is InChI=1S/C20H22F2N2O4/c1-23(13-14-4-6-16(7-5-14)28-20(21)22)18(25)15-8-10-24(11-9-15)19(26)17-3-2-12-27-17/h2-7,12,15,20H,8-11,13H2,1H3. The van der Waals surface area contributed by atoms with Crippen molar-refractivity contribution in [2.75, 3.05) is 20.1 Å². The molecule has 0 bridgehead atoms. The molecular formula is C20H22F2N2O4. The molecule has 28 heavy (non-hydrogen) atoms. The van der Waals surface area contributed by atoms with Gasteiger partial charge in [-0.2, -0.15) is 8.78 Å². The number of alkyl halides is 2. The van der Waals surface area contributed by atoms with Gasteiger partial charge in [0.25, 0.3) is 5.91 Å². The number of ether oxygens (including phenoxy) is 1. The monoisotopic (exact) mass is 392 g/mol. The zero-order valence-corrected chi connectivity index (χ0v) is 15.5. The minimum Gasteiger partial charge on any atom is -0.459 e. The molecule has 0 spiro atoms. The molecule has 0 aliphatic carbocycles. The average molecular weight is 392 g/mol. The number of nitrogens with zero attached hydrogens (tertiary/aromatic N) is 2. The van der Waals surface area contributed by atoms with Gasteiger partial charge in [-0.15, -0.1) is 0 Å². The first-order chi connectivity index (χ1) is 13.4. The predicted molar refractivity (Wildman–Crippen MR) is 96.9 cm³/mol. The van der Waals surface area contributed by atoms with Gasteiger partial charge in [-0.05, 0) is 42.7 Å². The molecule has 3 rings (SSSR count). The van der Waals surface area contributed by atoms with E-state index >= 15 is 0 Å². The molecule has 1 fully saturated rings. The Hall–Kier alpha value is -2.90. The molecule has 1 aliphatic rings. The van der Waals surface area contributed by atoms with Crippen molar-refractivity contribution in [3.05, 3.63) is 54.0 Å². The Bertz CT molecular complexity index is 785. The van der Waals surface area contributed by atoms with E-state index < -0.39 is 6.61 Å². The Morgan fingerprint density at radius 3 is 2.46 bits per heavy atom. The van der Waals surface area contributed by atoms with Gasteiger partial charge in [-0.3, -0.25) is 9.59 Å². The molecular weight excluding hydrogens is 370 g/mol. The number of hydrogen-bond donors (Lipinski definition) is 0. The number of likely N-dealkylation sites (tertiary alicyclic amines) is 1. The highest BCUT2D eigenvalue weighted by Crippen LogP contribution is 2.22. The molecule has 6 nitrogen and oxygen atoms in total. The average Bonchev–Trinajstić information content (AvgIpc) is 3.23. The lowest BCUT2D eigenvalue weighted by molar-refractivity contribution is -0.136. The summed E-state index contributed by atoms with van der Waals surface area (Å²) in [5.74, 6) is 0.0999. The lowest BCUT2D eigenvalue weighted by atomic mass is 9.95. The second-order valence-corrected chi connectivity index (χ2v) is 6.76. The van der Waals surface area contributed by atoms with E-state index in [1.807, 2.05) is 0 Å². The van der Waals surface area contributed by atoms with E-state index in [0.717, 1.165) is 5.56 Å². The third kappa shape index (κ3) is 4.88. The summed E-state index contributed by atoms with van der Waals surface area (Å²) in [6.07, 6.45) is 2.65. The number of halogens is 2. The molecule has 1 aromatic heterocycles. The summed E-state index contributed by atoms with van der Waals surface area (Å²) in [6.45, 7) is -1.48. The largest absolute Gasteiger partial charge is 0.459 e. The van der Waals surface area contributed by atoms with Crippen LogP contribution in [0.1, 0.15) is 29.0 Å². The minimum absolute atomic E-state index is 0.0120. The number of amides is 2. The Morgan fingerprint density at radius 1 is 1.21 bits per heavy atom. The third-order valence-corrected chi connectivity index (χ3v) is 4.81. The Balaban J connectivity index is 1.49. The molecule has 0 N–H and O–H groups in total. The number of piperidine rings is 1. The fourth-order valence-electron chi connectivity index (χ4n) is 3.33. The molecule has 8 heteroatoms. The van der Waals surface area contributed by atoms with Gasteiger partial charge in [0, 0.05) is 32.6 Å². The molecule has 2 aromatic rings. The molecule has 0 radical (unpaired) electrons. The van der Waals surface area contributed by atoms with Crippen molar-refractivity contribution >= 4 is 11.8 Å². The summed E-state index contributed by atoms with van der Waals surface area (Å²) in [7, 11) is 1.71. The van der Waals surface area contributed by atoms with E-state index in [1.165, 1.54) is 18.4 Å². The fourth-order valence-corrected chi connectivity index (χ4v) is 3.33. The first-order valence-electron chi connectivity index (χ1n) is 9.05. The van der Waals surface area contributed by atoms with Gasteiger partial charge in [0.1, 0.15) is 5.75 Å². The van der Waals surface area contributed by atoms with Crippen molar-refractivity contribution in [2.45, 2.75) is 26.0 Å². The fraction of sp³-hybridized carbons (Fsp3) is 0.400. The zero-order chi connectivity index (χ0) is 20.1. The van der Waals surface area contributed by atoms with E-state index in [1.54, 1.807) is 41.1 Å². The van der Waals surface area contributed by atoms with Gasteiger partial charge in [-0.25, -0.2) is 0 Å². The topological polar surface area (TPSA) is 63.0 Å². The van der Waals surface area contributed by atoms with Gasteiger partial charge in [0.2, 0.25) is 5.91 Å². The maximum absolute atomic E-state index is 12.7. The van der Waals surface area contributed by atoms with Gasteiger partial charge in [0.05, 0.1) is 6.26 Å². The van der Waals surface area contributed by atoms with Gasteiger partial charge in [0.15, 0.2) is 5.76 Å². The van der Waals surface area contributed by atoms with E-state index in [2.05, 4.69) is 4.74 Å². The number of carbonyl (C=O) groups excluding carboxylic acids is 2. The molecule has 2 heterocycles. The van der Waals surface area contributed by atoms with Crippen molar-refractivity contribution in [1.29, 1.82) is 0 Å². The lowest BCUT2D eigenvalue weighted by Gasteiger charge is -2.32. The lowest BCUT2D eigenvalue weighted by Crippen LogP contribution is -2.43. The molecule has 0 atom stereocenters. The number of benzene rings is 1. The molecule has 0 unspecified atom stereocenters. The number of rotatable bonds is 6. The summed E-state index contributed by atoms with van der Waals surface area (Å²) in [4.78, 5) is 28.3. The highest BCUT2D eigenvalue weighted by molar-refractivity contribution is 5.91. The summed E-state index contributed by atoms with van der Waals surface area (Å²) in [5, 5.41) is 0. The molecule has 1 aliphatic heterocycles. The van der Waals surface area contributed by atoms with E-state index in [-0.39, 0.29) is 23.5 Å². The SMILES string of the molecule is CN(Cc1ccc(OC(F)F)cc1)C(=O)C1CCN(C(=O)c2ccco2)CC1. The minimum atomic E-state index is -2.86. The summed E-state index contributed by atoms with van der Waals surface area (Å²) < 4.78 is 33.9. The predicted octanol–water partition coefficient (Wildman–Crippen LogP) is 3.39. The van der Waals surface area contributed by atoms with E-state index in [0.29, 0.717) is 38.2 Å². The van der Waals surface area contributed by atoms with Crippen LogP contribution in [0.25, 0.3) is 0 Å². The highest BCUT2D eigenvalue weighted by atomic mass is 19.3. The highest BCUT2D eigenvalue weighted by Gasteiger charge is 2.30. The Morgan fingerprint density at radius 2 is 1.89 bits per heavy atom. The first-order valence-corrected chi connectivity index (χ1v) is 9.05. The Labute approximate surface area is 161 Å². The van der Waals surface area contributed by atoms with Gasteiger partial charge >= 0.3 is 6.61 Å². The zero-order valence-electron chi connectivity index (χ0n) is 15.5. The van der Waals surface area contributed by atoms with Crippen molar-refractivity contribution in [3.8, 4) is 5.75 Å². The molecule has 150 valence electrons. The summed E-state index contributed by atoms with van der Waals surface area (Å²) in [6, 6.07) is 9.53. The third-order valence-electron chi connectivity index (χ3n) is 4.81. The van der Waals surface area contributed by atoms with Crippen LogP contribution in [0.15, 0.2) is 47.1 Å². The van der Waals surface area contributed by atoms with Crippen molar-refractivity contribution in [1.82, 2.24) is 9.80 Å². The summed E-state index contributed by atoms with van der Waals surface area (Å²) >= 11 is 0. The van der Waals surface area contributed by atoms with Crippen LogP contribution < -0.4 is 4.74 Å². The summed E-state index contributed by atoms with van der Waals surface area (Å²) in [5.41, 5.74) is 0.822. The van der Waals surface area contributed by atoms with Crippen molar-refractivity contribution < 1.29 is 27.5 Å². The van der Waals surface area contributed by atoms with E-state index in [4.69, 9.17) is 4.42 Å². The first kappa shape index (κ1) is 19.9. The van der Waals surface area contributed by atoms with Crippen molar-refractivity contribution in [3.63, 3.8) is 0 Å². The maximum atomic E-state index is 12.7. The van der Waals surface area contributed by atoms with Crippen LogP contribution in [0.5, 0.6) is 5.75 Å². The normalized spacial score (nSPS) is 14.9. The van der Waals surface area contributed by atoms with Crippen LogP contribution in [0.3, 0.4) is 0 Å². The second kappa shape index (κ2) is 8.86. The number of furan rings is 1. The molecule has 2 amide bonds. The molecule has 1 saturated heterocycles. The van der Waals surface area contributed by atoms with Crippen molar-refractivity contribution in [2.24, 2.45) is 5.92 Å². The molecule has 1 aromatic carbocycles. The van der Waals surface area contributed by atoms with Crippen LogP contribution in [0.2, 0.25) is 0 Å². The van der Waals surface area contributed by atoms with E-state index in [9.17, 15) is 18.4 Å². The van der Waals surface area contributed by atoms with Crippen LogP contribution in [0.4, 0.5) is 8.78 Å². The number of hydrogen-bond acceptors (Lipinski definition) is 4. The Kier molecular flexibility index (Phi) is 6.28. The van der Waals surface area contributed by atoms with Crippen LogP contribution in [-0.2, 0) is 11.3 Å². The van der Waals surface area contributed by atoms with Crippen LogP contribution >= 0.6 is 0 Å². The van der Waals surface area contributed by atoms with Gasteiger partial charge < -0.3 is 19.0 Å². The maximum Gasteiger partial charge on any atom is 0.387 e. The number of carbonyl (C=O) groups is 2. The molecule has 0 saturated carbocycles. The smallest absolute Gasteiger partial charge is 0.387 e. The second-order valence-electron chi connectivity index (χ2n) is 6.76. The van der Waals surface area contributed by atoms with Gasteiger partial charge in [-0.1, -0.05) is 12.1 Å². The van der Waals surface area contributed by atoms with Crippen LogP contribution in [-0.4, -0.2) is 48.4 Å². The van der Waals surface area contributed by atoms with Crippen LogP contribution in [0, 0.1) is 5.92 Å².